The van der Waals surface area contributed by atoms with Crippen molar-refractivity contribution in [2.75, 3.05) is 31.1 Å². The molecule has 0 saturated carbocycles. The van der Waals surface area contributed by atoms with E-state index < -0.39 is 0 Å². The molecule has 1 aliphatic rings. The highest BCUT2D eigenvalue weighted by atomic mass is 15.2. The molecule has 15 heavy (non-hydrogen) atoms. The van der Waals surface area contributed by atoms with Crippen LogP contribution in [0.5, 0.6) is 0 Å². The zero-order valence-corrected chi connectivity index (χ0v) is 8.61. The van der Waals surface area contributed by atoms with Gasteiger partial charge in [0.25, 0.3) is 0 Å². The molecule has 1 aromatic heterocycles. The Labute approximate surface area is 89.5 Å². The topological polar surface area (TPSA) is 52.0 Å². The molecule has 0 spiro atoms. The smallest absolute Gasteiger partial charge is 0.146 e. The molecule has 1 saturated heterocycles. The molecule has 0 bridgehead atoms. The second kappa shape index (κ2) is 4.76. The molecule has 4 nitrogen and oxygen atoms in total. The third-order valence-electron chi connectivity index (χ3n) is 2.55. The van der Waals surface area contributed by atoms with Crippen molar-refractivity contribution in [1.29, 1.82) is 5.26 Å². The Balaban J connectivity index is 2.23. The lowest BCUT2D eigenvalue weighted by Gasteiger charge is -2.21. The Bertz CT molecular complexity index is 361. The second-order valence-electron chi connectivity index (χ2n) is 3.58. The summed E-state index contributed by atoms with van der Waals surface area (Å²) in [4.78, 5) is 6.47. The summed E-state index contributed by atoms with van der Waals surface area (Å²) in [5, 5.41) is 12.3. The second-order valence-corrected chi connectivity index (χ2v) is 3.58. The molecule has 1 N–H and O–H groups in total. The van der Waals surface area contributed by atoms with Crippen LogP contribution >= 0.6 is 0 Å². The van der Waals surface area contributed by atoms with Gasteiger partial charge in [0.05, 0.1) is 5.56 Å². The monoisotopic (exact) mass is 202 g/mol. The zero-order valence-electron chi connectivity index (χ0n) is 8.61. The van der Waals surface area contributed by atoms with Gasteiger partial charge in [0.2, 0.25) is 0 Å². The van der Waals surface area contributed by atoms with Crippen molar-refractivity contribution in [1.82, 2.24) is 10.3 Å². The van der Waals surface area contributed by atoms with E-state index in [2.05, 4.69) is 21.3 Å². The normalized spacial score (nSPS) is 16.9. The van der Waals surface area contributed by atoms with E-state index in [1.165, 1.54) is 0 Å². The van der Waals surface area contributed by atoms with Gasteiger partial charge in [-0.1, -0.05) is 0 Å². The van der Waals surface area contributed by atoms with Crippen molar-refractivity contribution >= 4 is 5.82 Å². The quantitative estimate of drug-likeness (QED) is 0.730. The van der Waals surface area contributed by atoms with Crippen LogP contribution in [0, 0.1) is 11.3 Å². The number of aromatic nitrogens is 1. The molecular formula is C11H14N4. The average molecular weight is 202 g/mol. The Morgan fingerprint density at radius 1 is 1.40 bits per heavy atom. The maximum atomic E-state index is 8.99. The van der Waals surface area contributed by atoms with Gasteiger partial charge in [-0.3, -0.25) is 0 Å². The van der Waals surface area contributed by atoms with Crippen LogP contribution in [0.3, 0.4) is 0 Å². The Hall–Kier alpha value is -1.60. The molecular weight excluding hydrogens is 188 g/mol. The minimum atomic E-state index is 0.666. The van der Waals surface area contributed by atoms with Gasteiger partial charge in [-0.25, -0.2) is 4.98 Å². The van der Waals surface area contributed by atoms with E-state index >= 15 is 0 Å². The molecule has 0 aromatic carbocycles. The zero-order chi connectivity index (χ0) is 10.5. The fourth-order valence-corrected chi connectivity index (χ4v) is 1.79. The molecule has 1 aliphatic heterocycles. The molecule has 0 aliphatic carbocycles. The van der Waals surface area contributed by atoms with Crippen LogP contribution in [-0.4, -0.2) is 31.2 Å². The van der Waals surface area contributed by atoms with Crippen molar-refractivity contribution < 1.29 is 0 Å². The van der Waals surface area contributed by atoms with Gasteiger partial charge in [0.1, 0.15) is 11.9 Å². The van der Waals surface area contributed by atoms with Crippen molar-refractivity contribution in [3.8, 4) is 6.07 Å². The number of nitriles is 1. The number of hydrogen-bond donors (Lipinski definition) is 1. The summed E-state index contributed by atoms with van der Waals surface area (Å²) < 4.78 is 0. The number of anilines is 1. The van der Waals surface area contributed by atoms with Gasteiger partial charge in [0, 0.05) is 25.8 Å². The van der Waals surface area contributed by atoms with Gasteiger partial charge < -0.3 is 10.2 Å². The van der Waals surface area contributed by atoms with Gasteiger partial charge >= 0.3 is 0 Å². The van der Waals surface area contributed by atoms with Crippen LogP contribution < -0.4 is 10.2 Å². The summed E-state index contributed by atoms with van der Waals surface area (Å²) in [6.07, 6.45) is 2.84. The van der Waals surface area contributed by atoms with E-state index in [-0.39, 0.29) is 0 Å². The Morgan fingerprint density at radius 2 is 2.33 bits per heavy atom. The van der Waals surface area contributed by atoms with Crippen molar-refractivity contribution in [2.45, 2.75) is 6.42 Å². The minimum absolute atomic E-state index is 0.666. The first-order valence-electron chi connectivity index (χ1n) is 5.22. The average Bonchev–Trinajstić information content (AvgIpc) is 2.57. The van der Waals surface area contributed by atoms with Crippen LogP contribution in [0.4, 0.5) is 5.82 Å². The van der Waals surface area contributed by atoms with E-state index in [0.717, 1.165) is 38.4 Å². The number of rotatable bonds is 1. The van der Waals surface area contributed by atoms with Gasteiger partial charge in [-0.05, 0) is 25.1 Å². The standard InChI is InChI=1S/C11H14N4/c12-9-10-3-1-5-14-11(10)15-7-2-4-13-6-8-15/h1,3,5,13H,2,4,6-8H2. The first kappa shape index (κ1) is 9.94. The van der Waals surface area contributed by atoms with Gasteiger partial charge in [0.15, 0.2) is 0 Å². The van der Waals surface area contributed by atoms with Crippen molar-refractivity contribution in [3.05, 3.63) is 23.9 Å². The largest absolute Gasteiger partial charge is 0.354 e. The number of nitrogens with zero attached hydrogens (tertiary/aromatic N) is 3. The number of nitrogens with one attached hydrogen (secondary N) is 1. The number of pyridine rings is 1. The molecule has 0 amide bonds. The van der Waals surface area contributed by atoms with E-state index in [1.54, 1.807) is 12.3 Å². The summed E-state index contributed by atoms with van der Waals surface area (Å²) >= 11 is 0. The molecule has 0 unspecified atom stereocenters. The molecule has 78 valence electrons. The van der Waals surface area contributed by atoms with Crippen LogP contribution in [-0.2, 0) is 0 Å². The van der Waals surface area contributed by atoms with Crippen LogP contribution in [0.1, 0.15) is 12.0 Å². The van der Waals surface area contributed by atoms with Crippen molar-refractivity contribution in [2.24, 2.45) is 0 Å². The van der Waals surface area contributed by atoms with Crippen LogP contribution in [0.25, 0.3) is 0 Å². The predicted molar refractivity (Wildman–Crippen MR) is 58.7 cm³/mol. The molecule has 1 fully saturated rings. The van der Waals surface area contributed by atoms with Gasteiger partial charge in [-0.2, -0.15) is 5.26 Å². The maximum Gasteiger partial charge on any atom is 0.146 e. The summed E-state index contributed by atoms with van der Waals surface area (Å²) in [5.41, 5.74) is 0.666. The van der Waals surface area contributed by atoms with E-state index in [0.29, 0.717) is 5.56 Å². The summed E-state index contributed by atoms with van der Waals surface area (Å²) in [7, 11) is 0. The minimum Gasteiger partial charge on any atom is -0.354 e. The van der Waals surface area contributed by atoms with E-state index in [1.807, 2.05) is 6.07 Å². The lowest BCUT2D eigenvalue weighted by atomic mass is 10.2. The third-order valence-corrected chi connectivity index (χ3v) is 2.55. The summed E-state index contributed by atoms with van der Waals surface area (Å²) in [6, 6.07) is 5.81. The summed E-state index contributed by atoms with van der Waals surface area (Å²) in [6.45, 7) is 3.90. The molecule has 4 heteroatoms. The molecule has 2 heterocycles. The molecule has 0 radical (unpaired) electrons. The molecule has 0 atom stereocenters. The highest BCUT2D eigenvalue weighted by Gasteiger charge is 2.13. The predicted octanol–water partition coefficient (Wildman–Crippen LogP) is 0.753. The summed E-state index contributed by atoms with van der Waals surface area (Å²) in [5.74, 6) is 0.823. The highest BCUT2D eigenvalue weighted by molar-refractivity contribution is 5.53. The van der Waals surface area contributed by atoms with E-state index in [9.17, 15) is 0 Å². The first-order chi connectivity index (χ1) is 7.42. The molecule has 1 aromatic rings. The lowest BCUT2D eigenvalue weighted by molar-refractivity contribution is 0.724. The Morgan fingerprint density at radius 3 is 3.20 bits per heavy atom. The lowest BCUT2D eigenvalue weighted by Crippen LogP contribution is -2.29. The fraction of sp³-hybridized carbons (Fsp3) is 0.455. The van der Waals surface area contributed by atoms with Crippen LogP contribution in [0.2, 0.25) is 0 Å². The maximum absolute atomic E-state index is 8.99. The SMILES string of the molecule is N#Cc1cccnc1N1CCCNCC1. The van der Waals surface area contributed by atoms with E-state index in [4.69, 9.17) is 5.26 Å². The molecule has 2 rings (SSSR count). The van der Waals surface area contributed by atoms with Crippen LogP contribution in [0.15, 0.2) is 18.3 Å². The number of hydrogen-bond acceptors (Lipinski definition) is 4. The fourth-order valence-electron chi connectivity index (χ4n) is 1.79. The third kappa shape index (κ3) is 2.25. The first-order valence-corrected chi connectivity index (χ1v) is 5.22. The van der Waals surface area contributed by atoms with Crippen molar-refractivity contribution in [3.63, 3.8) is 0 Å². The Kier molecular flexibility index (Phi) is 3.15. The highest BCUT2D eigenvalue weighted by Crippen LogP contribution is 2.16. The van der Waals surface area contributed by atoms with Gasteiger partial charge in [-0.15, -0.1) is 0 Å².